The van der Waals surface area contributed by atoms with E-state index < -0.39 is 28.5 Å². The molecular formula is C29H33Cl2N3O4S. The maximum Gasteiger partial charge on any atom is 0.264 e. The largest absolute Gasteiger partial charge is 0.354 e. The van der Waals surface area contributed by atoms with Crippen LogP contribution >= 0.6 is 23.2 Å². The summed E-state index contributed by atoms with van der Waals surface area (Å²) in [6, 6.07) is 21.1. The molecule has 7 nitrogen and oxygen atoms in total. The molecule has 3 aromatic rings. The van der Waals surface area contributed by atoms with Crippen LogP contribution in [0.2, 0.25) is 10.0 Å². The summed E-state index contributed by atoms with van der Waals surface area (Å²) >= 11 is 12.4. The van der Waals surface area contributed by atoms with Crippen LogP contribution in [0.25, 0.3) is 0 Å². The molecule has 0 bridgehead atoms. The van der Waals surface area contributed by atoms with Crippen LogP contribution in [0.5, 0.6) is 0 Å². The lowest BCUT2D eigenvalue weighted by atomic mass is 10.1. The van der Waals surface area contributed by atoms with Crippen LogP contribution < -0.4 is 9.62 Å². The number of anilines is 1. The molecular weight excluding hydrogens is 557 g/mol. The van der Waals surface area contributed by atoms with Crippen molar-refractivity contribution in [3.05, 3.63) is 94.5 Å². The van der Waals surface area contributed by atoms with E-state index in [1.807, 2.05) is 44.2 Å². The number of carbonyl (C=O) groups excluding carboxylic acids is 2. The molecule has 0 aliphatic carbocycles. The molecule has 208 valence electrons. The van der Waals surface area contributed by atoms with Crippen molar-refractivity contribution < 1.29 is 18.0 Å². The first-order valence-corrected chi connectivity index (χ1v) is 15.0. The van der Waals surface area contributed by atoms with Crippen LogP contribution in [-0.4, -0.2) is 50.8 Å². The quantitative estimate of drug-likeness (QED) is 0.282. The Hall–Kier alpha value is -3.07. The van der Waals surface area contributed by atoms with Gasteiger partial charge in [0.15, 0.2) is 0 Å². The van der Waals surface area contributed by atoms with Crippen molar-refractivity contribution in [2.24, 2.45) is 0 Å². The van der Waals surface area contributed by atoms with Crippen LogP contribution in [0.15, 0.2) is 83.8 Å². The van der Waals surface area contributed by atoms with Crippen molar-refractivity contribution in [1.29, 1.82) is 0 Å². The van der Waals surface area contributed by atoms with Crippen molar-refractivity contribution >= 4 is 50.7 Å². The van der Waals surface area contributed by atoms with Gasteiger partial charge in [-0.15, -0.1) is 0 Å². The standard InChI is InChI=1S/C29H33Cl2N3O4S/c1-3-16-32-29(36)27(4-2)33(17-15-22-11-7-5-8-12-22)28(35)21-34(25-19-23(30)18-24(31)20-25)39(37,38)26-13-9-6-10-14-26/h5-14,18-20,27H,3-4,15-17,21H2,1-2H3,(H,32,36). The maximum absolute atomic E-state index is 13.9. The Morgan fingerprint density at radius 3 is 2.05 bits per heavy atom. The van der Waals surface area contributed by atoms with Gasteiger partial charge in [-0.1, -0.05) is 85.6 Å². The number of carbonyl (C=O) groups is 2. The van der Waals surface area contributed by atoms with E-state index in [4.69, 9.17) is 23.2 Å². The highest BCUT2D eigenvalue weighted by molar-refractivity contribution is 7.92. The molecule has 0 saturated heterocycles. The third-order valence-electron chi connectivity index (χ3n) is 6.16. The summed E-state index contributed by atoms with van der Waals surface area (Å²) in [6.07, 6.45) is 1.61. The zero-order chi connectivity index (χ0) is 28.4. The van der Waals surface area contributed by atoms with Gasteiger partial charge in [-0.25, -0.2) is 8.42 Å². The Bertz CT molecular complexity index is 1340. The predicted molar refractivity (Wildman–Crippen MR) is 157 cm³/mol. The third-order valence-corrected chi connectivity index (χ3v) is 8.39. The number of halogens is 2. The SMILES string of the molecule is CCCNC(=O)C(CC)N(CCc1ccccc1)C(=O)CN(c1cc(Cl)cc(Cl)c1)S(=O)(=O)c1ccccc1. The number of nitrogens with one attached hydrogen (secondary N) is 1. The molecule has 0 aromatic heterocycles. The van der Waals surface area contributed by atoms with E-state index >= 15 is 0 Å². The summed E-state index contributed by atoms with van der Waals surface area (Å²) in [5, 5.41) is 3.33. The molecule has 1 unspecified atom stereocenters. The number of benzene rings is 3. The van der Waals surface area contributed by atoms with E-state index in [-0.39, 0.29) is 33.1 Å². The zero-order valence-corrected chi connectivity index (χ0v) is 24.3. The molecule has 1 atom stereocenters. The van der Waals surface area contributed by atoms with E-state index in [0.717, 1.165) is 16.3 Å². The number of hydrogen-bond donors (Lipinski definition) is 1. The van der Waals surface area contributed by atoms with Crippen molar-refractivity contribution in [3.8, 4) is 0 Å². The number of nitrogens with zero attached hydrogens (tertiary/aromatic N) is 2. The first kappa shape index (κ1) is 30.5. The molecule has 10 heteroatoms. The van der Waals surface area contributed by atoms with Gasteiger partial charge >= 0.3 is 0 Å². The van der Waals surface area contributed by atoms with E-state index in [0.29, 0.717) is 19.4 Å². The van der Waals surface area contributed by atoms with Crippen LogP contribution in [0.1, 0.15) is 32.3 Å². The summed E-state index contributed by atoms with van der Waals surface area (Å²) in [4.78, 5) is 28.5. The minimum absolute atomic E-state index is 0.0115. The summed E-state index contributed by atoms with van der Waals surface area (Å²) in [5.41, 5.74) is 1.14. The second-order valence-electron chi connectivity index (χ2n) is 8.99. The Kier molecular flexibility index (Phi) is 11.2. The summed E-state index contributed by atoms with van der Waals surface area (Å²) in [5.74, 6) is -0.788. The van der Waals surface area contributed by atoms with Crippen LogP contribution in [0.3, 0.4) is 0 Å². The lowest BCUT2D eigenvalue weighted by molar-refractivity contribution is -0.139. The van der Waals surface area contributed by atoms with Gasteiger partial charge in [-0.2, -0.15) is 0 Å². The molecule has 2 amide bonds. The topological polar surface area (TPSA) is 86.8 Å². The molecule has 3 rings (SSSR count). The Morgan fingerprint density at radius 1 is 0.897 bits per heavy atom. The van der Waals surface area contributed by atoms with Crippen molar-refractivity contribution in [1.82, 2.24) is 10.2 Å². The highest BCUT2D eigenvalue weighted by Gasteiger charge is 2.33. The predicted octanol–water partition coefficient (Wildman–Crippen LogP) is 5.56. The smallest absolute Gasteiger partial charge is 0.264 e. The summed E-state index contributed by atoms with van der Waals surface area (Å²) < 4.78 is 28.6. The van der Waals surface area contributed by atoms with E-state index in [2.05, 4.69) is 5.32 Å². The molecule has 0 aliphatic heterocycles. The third kappa shape index (κ3) is 8.21. The lowest BCUT2D eigenvalue weighted by Gasteiger charge is -2.33. The Balaban J connectivity index is 2.02. The molecule has 0 radical (unpaired) electrons. The lowest BCUT2D eigenvalue weighted by Crippen LogP contribution is -2.53. The number of hydrogen-bond acceptors (Lipinski definition) is 4. The van der Waals surface area contributed by atoms with Gasteiger partial charge in [-0.3, -0.25) is 13.9 Å². The van der Waals surface area contributed by atoms with E-state index in [1.165, 1.54) is 35.2 Å². The molecule has 3 aromatic carbocycles. The number of rotatable bonds is 13. The second kappa shape index (κ2) is 14.4. The van der Waals surface area contributed by atoms with E-state index in [1.54, 1.807) is 18.2 Å². The van der Waals surface area contributed by atoms with E-state index in [9.17, 15) is 18.0 Å². The monoisotopic (exact) mass is 589 g/mol. The average molecular weight is 591 g/mol. The van der Waals surface area contributed by atoms with Gasteiger partial charge in [0.2, 0.25) is 11.8 Å². The first-order chi connectivity index (χ1) is 18.7. The fourth-order valence-corrected chi connectivity index (χ4v) is 6.13. The fourth-order valence-electron chi connectivity index (χ4n) is 4.19. The maximum atomic E-state index is 13.9. The van der Waals surface area contributed by atoms with Crippen molar-refractivity contribution in [2.75, 3.05) is 23.9 Å². The van der Waals surface area contributed by atoms with Gasteiger partial charge in [0.05, 0.1) is 10.6 Å². The highest BCUT2D eigenvalue weighted by atomic mass is 35.5. The molecule has 0 aliphatic rings. The molecule has 0 saturated carbocycles. The zero-order valence-electron chi connectivity index (χ0n) is 22.0. The van der Waals surface area contributed by atoms with Gasteiger partial charge in [0.25, 0.3) is 10.0 Å². The van der Waals surface area contributed by atoms with Crippen molar-refractivity contribution in [3.63, 3.8) is 0 Å². The molecule has 1 N–H and O–H groups in total. The minimum Gasteiger partial charge on any atom is -0.354 e. The minimum atomic E-state index is -4.18. The molecule has 0 fully saturated rings. The van der Waals surface area contributed by atoms with Crippen molar-refractivity contribution in [2.45, 2.75) is 44.0 Å². The second-order valence-corrected chi connectivity index (χ2v) is 11.7. The van der Waals surface area contributed by atoms with Crippen LogP contribution in [0.4, 0.5) is 5.69 Å². The molecule has 39 heavy (non-hydrogen) atoms. The average Bonchev–Trinajstić information content (AvgIpc) is 2.92. The normalized spacial score (nSPS) is 12.0. The van der Waals surface area contributed by atoms with Crippen LogP contribution in [-0.2, 0) is 26.0 Å². The van der Waals surface area contributed by atoms with Gasteiger partial charge in [0, 0.05) is 23.1 Å². The number of sulfonamides is 1. The fraction of sp³-hybridized carbons (Fsp3) is 0.310. The molecule has 0 spiro atoms. The van der Waals surface area contributed by atoms with Gasteiger partial charge in [-0.05, 0) is 55.2 Å². The van der Waals surface area contributed by atoms with Gasteiger partial charge in [0.1, 0.15) is 12.6 Å². The summed E-state index contributed by atoms with van der Waals surface area (Å²) in [7, 11) is -4.18. The molecule has 0 heterocycles. The first-order valence-electron chi connectivity index (χ1n) is 12.8. The Labute approximate surface area is 240 Å². The summed E-state index contributed by atoms with van der Waals surface area (Å²) in [6.45, 7) is 3.94. The van der Waals surface area contributed by atoms with Gasteiger partial charge < -0.3 is 10.2 Å². The van der Waals surface area contributed by atoms with Crippen LogP contribution in [0, 0.1) is 0 Å². The number of amides is 2. The Morgan fingerprint density at radius 2 is 1.49 bits per heavy atom. The highest BCUT2D eigenvalue weighted by Crippen LogP contribution is 2.30.